The summed E-state index contributed by atoms with van der Waals surface area (Å²) in [5.74, 6) is 2.22. The molecule has 0 radical (unpaired) electrons. The molecule has 0 bridgehead atoms. The zero-order chi connectivity index (χ0) is 15.2. The second-order valence-corrected chi connectivity index (χ2v) is 6.95. The van der Waals surface area contributed by atoms with E-state index in [1.165, 1.54) is 17.1 Å². The first-order valence-corrected chi connectivity index (χ1v) is 8.67. The lowest BCUT2D eigenvalue weighted by atomic mass is 10.0. The molecule has 1 saturated heterocycles. The predicted molar refractivity (Wildman–Crippen MR) is 105 cm³/mol. The summed E-state index contributed by atoms with van der Waals surface area (Å²) in [6.45, 7) is 6.95. The van der Waals surface area contributed by atoms with Crippen LogP contribution in [0, 0.1) is 5.92 Å². The summed E-state index contributed by atoms with van der Waals surface area (Å²) in [7, 11) is 0. The number of nitrogens with two attached hydrogens (primary N) is 1. The zero-order valence-electron chi connectivity index (χ0n) is 13.7. The maximum Gasteiger partial charge on any atom is 0.228 e. The van der Waals surface area contributed by atoms with E-state index in [1.54, 1.807) is 0 Å². The van der Waals surface area contributed by atoms with E-state index >= 15 is 0 Å². The lowest BCUT2D eigenvalue weighted by Gasteiger charge is -2.26. The molecule has 3 N–H and O–H groups in total. The maximum absolute atomic E-state index is 12.1. The van der Waals surface area contributed by atoms with Gasteiger partial charge in [0.25, 0.3) is 0 Å². The third-order valence-corrected chi connectivity index (χ3v) is 4.85. The molecule has 1 aromatic carbocycles. The molecule has 1 fully saturated rings. The Hall–Kier alpha value is -0.460. The SMILES string of the molecule is CC(N)C(C)C(=O)Nc1cccc(CN2CCSCC2)c1.Cl.Cl. The third kappa shape index (κ3) is 7.31. The van der Waals surface area contributed by atoms with Gasteiger partial charge in [0.2, 0.25) is 5.91 Å². The Morgan fingerprint density at radius 2 is 1.96 bits per heavy atom. The lowest BCUT2D eigenvalue weighted by molar-refractivity contribution is -0.119. The smallest absolute Gasteiger partial charge is 0.228 e. The highest BCUT2D eigenvalue weighted by Crippen LogP contribution is 2.17. The van der Waals surface area contributed by atoms with Gasteiger partial charge in [0.15, 0.2) is 0 Å². The Morgan fingerprint density at radius 1 is 1.30 bits per heavy atom. The van der Waals surface area contributed by atoms with Crippen LogP contribution in [0.5, 0.6) is 0 Å². The fourth-order valence-electron chi connectivity index (χ4n) is 2.26. The molecule has 2 atom stereocenters. The van der Waals surface area contributed by atoms with Crippen LogP contribution in [0.2, 0.25) is 0 Å². The van der Waals surface area contributed by atoms with Crippen LogP contribution in [0.1, 0.15) is 19.4 Å². The van der Waals surface area contributed by atoms with Gasteiger partial charge in [-0.05, 0) is 24.6 Å². The maximum atomic E-state index is 12.1. The van der Waals surface area contributed by atoms with E-state index in [0.717, 1.165) is 25.3 Å². The molecule has 2 unspecified atom stereocenters. The first-order chi connectivity index (χ1) is 10.1. The van der Waals surface area contributed by atoms with Crippen LogP contribution < -0.4 is 11.1 Å². The van der Waals surface area contributed by atoms with Crippen molar-refractivity contribution in [3.63, 3.8) is 0 Å². The monoisotopic (exact) mass is 379 g/mol. The number of benzene rings is 1. The Bertz CT molecular complexity index is 482. The number of thioether (sulfide) groups is 1. The highest BCUT2D eigenvalue weighted by molar-refractivity contribution is 7.99. The van der Waals surface area contributed by atoms with Gasteiger partial charge < -0.3 is 11.1 Å². The van der Waals surface area contributed by atoms with Gasteiger partial charge in [0.1, 0.15) is 0 Å². The second-order valence-electron chi connectivity index (χ2n) is 5.73. The van der Waals surface area contributed by atoms with E-state index in [2.05, 4.69) is 22.3 Å². The molecule has 0 saturated carbocycles. The van der Waals surface area contributed by atoms with E-state index in [4.69, 9.17) is 5.73 Å². The van der Waals surface area contributed by atoms with Crippen LogP contribution in [0.15, 0.2) is 24.3 Å². The molecule has 1 aliphatic heterocycles. The van der Waals surface area contributed by atoms with Crippen molar-refractivity contribution >= 4 is 48.2 Å². The van der Waals surface area contributed by atoms with Gasteiger partial charge in [0, 0.05) is 42.9 Å². The largest absolute Gasteiger partial charge is 0.327 e. The number of carbonyl (C=O) groups is 1. The number of rotatable bonds is 5. The van der Waals surface area contributed by atoms with E-state index < -0.39 is 0 Å². The normalized spacial score (nSPS) is 17.3. The molecule has 2 rings (SSSR count). The second kappa shape index (κ2) is 11.2. The van der Waals surface area contributed by atoms with Crippen LogP contribution in [0.4, 0.5) is 5.69 Å². The minimum absolute atomic E-state index is 0. The number of halogens is 2. The van der Waals surface area contributed by atoms with Crippen molar-refractivity contribution in [3.8, 4) is 0 Å². The minimum atomic E-state index is -0.187. The lowest BCUT2D eigenvalue weighted by Crippen LogP contribution is -2.34. The number of nitrogens with one attached hydrogen (secondary N) is 1. The molecule has 1 heterocycles. The molecule has 0 aromatic heterocycles. The summed E-state index contributed by atoms with van der Waals surface area (Å²) in [5, 5.41) is 2.96. The Balaban J connectivity index is 0.00000242. The standard InChI is InChI=1S/C16H25N3OS.2ClH/c1-12(13(2)17)16(20)18-15-5-3-4-14(10-15)11-19-6-8-21-9-7-19;;/h3-5,10,12-13H,6-9,11,17H2,1-2H3,(H,18,20);2*1H. The van der Waals surface area contributed by atoms with Gasteiger partial charge in [-0.25, -0.2) is 0 Å². The number of carbonyl (C=O) groups excluding carboxylic acids is 1. The van der Waals surface area contributed by atoms with Gasteiger partial charge in [-0.1, -0.05) is 19.1 Å². The molecule has 7 heteroatoms. The minimum Gasteiger partial charge on any atom is -0.327 e. The quantitative estimate of drug-likeness (QED) is 0.825. The molecule has 1 amide bonds. The summed E-state index contributed by atoms with van der Waals surface area (Å²) < 4.78 is 0. The molecule has 1 aromatic rings. The average molecular weight is 380 g/mol. The van der Waals surface area contributed by atoms with Crippen molar-refractivity contribution in [2.45, 2.75) is 26.4 Å². The number of nitrogens with zero attached hydrogens (tertiary/aromatic N) is 1. The topological polar surface area (TPSA) is 58.4 Å². The van der Waals surface area contributed by atoms with Gasteiger partial charge in [-0.2, -0.15) is 11.8 Å². The molecule has 4 nitrogen and oxygen atoms in total. The van der Waals surface area contributed by atoms with Crippen LogP contribution >= 0.6 is 36.6 Å². The average Bonchev–Trinajstić information content (AvgIpc) is 2.47. The Morgan fingerprint density at radius 3 is 2.57 bits per heavy atom. The summed E-state index contributed by atoms with van der Waals surface area (Å²) in [5.41, 5.74) is 7.88. The highest BCUT2D eigenvalue weighted by Gasteiger charge is 2.17. The van der Waals surface area contributed by atoms with Crippen molar-refractivity contribution in [1.82, 2.24) is 4.90 Å². The molecular formula is C16H27Cl2N3OS. The van der Waals surface area contributed by atoms with Crippen molar-refractivity contribution in [3.05, 3.63) is 29.8 Å². The molecule has 0 aliphatic carbocycles. The van der Waals surface area contributed by atoms with E-state index in [-0.39, 0.29) is 42.7 Å². The van der Waals surface area contributed by atoms with Crippen molar-refractivity contribution < 1.29 is 4.79 Å². The third-order valence-electron chi connectivity index (χ3n) is 3.91. The number of anilines is 1. The molecule has 1 aliphatic rings. The Kier molecular flexibility index (Phi) is 10.9. The van der Waals surface area contributed by atoms with E-state index in [1.807, 2.05) is 37.7 Å². The summed E-state index contributed by atoms with van der Waals surface area (Å²) >= 11 is 2.02. The molecule has 132 valence electrons. The highest BCUT2D eigenvalue weighted by atomic mass is 35.5. The van der Waals surface area contributed by atoms with Gasteiger partial charge in [-0.15, -0.1) is 24.8 Å². The van der Waals surface area contributed by atoms with Crippen LogP contribution in [-0.2, 0) is 11.3 Å². The van der Waals surface area contributed by atoms with Crippen LogP contribution in [-0.4, -0.2) is 41.4 Å². The van der Waals surface area contributed by atoms with Gasteiger partial charge in [-0.3, -0.25) is 9.69 Å². The van der Waals surface area contributed by atoms with Crippen molar-refractivity contribution in [2.24, 2.45) is 11.7 Å². The van der Waals surface area contributed by atoms with E-state index in [9.17, 15) is 4.79 Å². The number of amides is 1. The summed E-state index contributed by atoms with van der Waals surface area (Å²) in [6, 6.07) is 7.97. The van der Waals surface area contributed by atoms with Gasteiger partial charge in [0.05, 0.1) is 5.92 Å². The number of hydrogen-bond donors (Lipinski definition) is 2. The summed E-state index contributed by atoms with van der Waals surface area (Å²) in [4.78, 5) is 14.5. The fraction of sp³-hybridized carbons (Fsp3) is 0.562. The predicted octanol–water partition coefficient (Wildman–Crippen LogP) is 3.00. The van der Waals surface area contributed by atoms with Crippen molar-refractivity contribution in [1.29, 1.82) is 0 Å². The first kappa shape index (κ1) is 22.5. The summed E-state index contributed by atoms with van der Waals surface area (Å²) in [6.07, 6.45) is 0. The molecule has 23 heavy (non-hydrogen) atoms. The van der Waals surface area contributed by atoms with Crippen LogP contribution in [0.3, 0.4) is 0 Å². The fourth-order valence-corrected chi connectivity index (χ4v) is 3.24. The number of hydrogen-bond acceptors (Lipinski definition) is 4. The van der Waals surface area contributed by atoms with Gasteiger partial charge >= 0.3 is 0 Å². The Labute approximate surface area is 155 Å². The van der Waals surface area contributed by atoms with Crippen molar-refractivity contribution in [2.75, 3.05) is 29.9 Å². The molecular weight excluding hydrogens is 353 g/mol. The molecule has 0 spiro atoms. The zero-order valence-corrected chi connectivity index (χ0v) is 16.1. The van der Waals surface area contributed by atoms with E-state index in [0.29, 0.717) is 0 Å². The first-order valence-electron chi connectivity index (χ1n) is 7.52. The van der Waals surface area contributed by atoms with Crippen LogP contribution in [0.25, 0.3) is 0 Å².